The summed E-state index contributed by atoms with van der Waals surface area (Å²) in [6, 6.07) is 13.0. The Bertz CT molecular complexity index is 910. The zero-order chi connectivity index (χ0) is 20.9. The predicted molar refractivity (Wildman–Crippen MR) is 112 cm³/mol. The smallest absolute Gasteiger partial charge is 0.218 e. The first-order valence-electron chi connectivity index (χ1n) is 9.50. The van der Waals surface area contributed by atoms with Crippen LogP contribution in [0.4, 0.5) is 0 Å². The number of benzene rings is 2. The van der Waals surface area contributed by atoms with Crippen molar-refractivity contribution in [3.8, 4) is 17.2 Å². The van der Waals surface area contributed by atoms with Gasteiger partial charge in [-0.3, -0.25) is 4.90 Å². The lowest BCUT2D eigenvalue weighted by atomic mass is 10.1. The summed E-state index contributed by atoms with van der Waals surface area (Å²) in [6.07, 6.45) is 0. The van der Waals surface area contributed by atoms with Gasteiger partial charge in [-0.2, -0.15) is 4.31 Å². The number of hydrogen-bond donors (Lipinski definition) is 0. The van der Waals surface area contributed by atoms with E-state index in [4.69, 9.17) is 14.2 Å². The van der Waals surface area contributed by atoms with E-state index in [1.165, 1.54) is 0 Å². The standard InChI is InChI=1S/C21H28N2O5S/c1-26-19-14-21(28-3)20(27-2)13-18(19)15-22-9-11-23(12-10-22)29(24,25)16-17-7-5-4-6-8-17/h4-8,13-14H,9-12,15-16H2,1-3H3. The predicted octanol–water partition coefficient (Wildman–Crippen LogP) is 2.36. The van der Waals surface area contributed by atoms with Gasteiger partial charge < -0.3 is 14.2 Å². The van der Waals surface area contributed by atoms with Gasteiger partial charge in [-0.1, -0.05) is 30.3 Å². The molecule has 2 aromatic rings. The van der Waals surface area contributed by atoms with Crippen LogP contribution < -0.4 is 14.2 Å². The molecule has 0 unspecified atom stereocenters. The van der Waals surface area contributed by atoms with Gasteiger partial charge in [0.1, 0.15) is 5.75 Å². The average Bonchev–Trinajstić information content (AvgIpc) is 2.74. The third-order valence-electron chi connectivity index (χ3n) is 5.10. The van der Waals surface area contributed by atoms with Crippen LogP contribution in [0.3, 0.4) is 0 Å². The molecule has 3 rings (SSSR count). The van der Waals surface area contributed by atoms with E-state index in [1.807, 2.05) is 42.5 Å². The van der Waals surface area contributed by atoms with Gasteiger partial charge >= 0.3 is 0 Å². The Morgan fingerprint density at radius 3 is 2.00 bits per heavy atom. The maximum Gasteiger partial charge on any atom is 0.218 e. The maximum absolute atomic E-state index is 12.7. The minimum Gasteiger partial charge on any atom is -0.496 e. The highest BCUT2D eigenvalue weighted by atomic mass is 32.2. The van der Waals surface area contributed by atoms with Crippen molar-refractivity contribution in [1.29, 1.82) is 0 Å². The number of methoxy groups -OCH3 is 3. The van der Waals surface area contributed by atoms with Crippen molar-refractivity contribution < 1.29 is 22.6 Å². The Hall–Kier alpha value is -2.29. The summed E-state index contributed by atoms with van der Waals surface area (Å²) in [5.41, 5.74) is 1.79. The van der Waals surface area contributed by atoms with Crippen molar-refractivity contribution in [2.24, 2.45) is 0 Å². The van der Waals surface area contributed by atoms with E-state index in [9.17, 15) is 8.42 Å². The molecule has 158 valence electrons. The van der Waals surface area contributed by atoms with Gasteiger partial charge in [-0.05, 0) is 11.6 Å². The number of ether oxygens (including phenoxy) is 3. The second kappa shape index (κ2) is 9.47. The molecule has 0 radical (unpaired) electrons. The summed E-state index contributed by atoms with van der Waals surface area (Å²) in [4.78, 5) is 2.22. The lowest BCUT2D eigenvalue weighted by Gasteiger charge is -2.34. The Morgan fingerprint density at radius 2 is 1.41 bits per heavy atom. The second-order valence-electron chi connectivity index (χ2n) is 6.94. The van der Waals surface area contributed by atoms with Crippen molar-refractivity contribution in [2.75, 3.05) is 47.5 Å². The van der Waals surface area contributed by atoms with E-state index in [-0.39, 0.29) is 5.75 Å². The summed E-state index contributed by atoms with van der Waals surface area (Å²) in [7, 11) is 1.50. The fourth-order valence-corrected chi connectivity index (χ4v) is 5.01. The zero-order valence-corrected chi connectivity index (χ0v) is 17.9. The molecule has 0 atom stereocenters. The Balaban J connectivity index is 1.64. The average molecular weight is 421 g/mol. The molecule has 0 aromatic heterocycles. The van der Waals surface area contributed by atoms with Crippen LogP contribution in [-0.2, 0) is 22.3 Å². The number of piperazine rings is 1. The van der Waals surface area contributed by atoms with E-state index >= 15 is 0 Å². The highest BCUT2D eigenvalue weighted by molar-refractivity contribution is 7.88. The molecule has 0 spiro atoms. The molecular formula is C21H28N2O5S. The van der Waals surface area contributed by atoms with Crippen LogP contribution in [0.15, 0.2) is 42.5 Å². The van der Waals surface area contributed by atoms with Gasteiger partial charge in [0.25, 0.3) is 0 Å². The molecule has 1 aliphatic rings. The van der Waals surface area contributed by atoms with Gasteiger partial charge in [-0.15, -0.1) is 0 Å². The summed E-state index contributed by atoms with van der Waals surface area (Å²) >= 11 is 0. The maximum atomic E-state index is 12.7. The van der Waals surface area contributed by atoms with Crippen LogP contribution in [-0.4, -0.2) is 65.1 Å². The van der Waals surface area contributed by atoms with Crippen LogP contribution >= 0.6 is 0 Å². The van der Waals surface area contributed by atoms with Crippen molar-refractivity contribution in [1.82, 2.24) is 9.21 Å². The number of hydrogen-bond acceptors (Lipinski definition) is 6. The monoisotopic (exact) mass is 420 g/mol. The minimum atomic E-state index is -3.32. The number of nitrogens with zero attached hydrogens (tertiary/aromatic N) is 2. The molecule has 1 aliphatic heterocycles. The summed E-state index contributed by atoms with van der Waals surface area (Å²) in [5.74, 6) is 2.02. The lowest BCUT2D eigenvalue weighted by Crippen LogP contribution is -2.48. The first-order valence-corrected chi connectivity index (χ1v) is 11.1. The van der Waals surface area contributed by atoms with Crippen LogP contribution in [0.5, 0.6) is 17.2 Å². The fourth-order valence-electron chi connectivity index (χ4n) is 3.50. The van der Waals surface area contributed by atoms with Gasteiger partial charge in [0.15, 0.2) is 11.5 Å². The van der Waals surface area contributed by atoms with Gasteiger partial charge in [0, 0.05) is 44.4 Å². The summed E-state index contributed by atoms with van der Waals surface area (Å²) in [5, 5.41) is 0. The Kier molecular flexibility index (Phi) is 7.00. The van der Waals surface area contributed by atoms with Crippen molar-refractivity contribution in [3.63, 3.8) is 0 Å². The van der Waals surface area contributed by atoms with Crippen LogP contribution in [0.2, 0.25) is 0 Å². The molecule has 0 aliphatic carbocycles. The molecule has 7 nitrogen and oxygen atoms in total. The highest BCUT2D eigenvalue weighted by Gasteiger charge is 2.27. The van der Waals surface area contributed by atoms with Gasteiger partial charge in [0.2, 0.25) is 10.0 Å². The summed E-state index contributed by atoms with van der Waals surface area (Å²) < 4.78 is 43.3. The molecule has 2 aromatic carbocycles. The summed E-state index contributed by atoms with van der Waals surface area (Å²) in [6.45, 7) is 2.92. The van der Waals surface area contributed by atoms with E-state index in [2.05, 4.69) is 4.90 Å². The highest BCUT2D eigenvalue weighted by Crippen LogP contribution is 2.35. The fraction of sp³-hybridized carbons (Fsp3) is 0.429. The van der Waals surface area contributed by atoms with Gasteiger partial charge in [-0.25, -0.2) is 8.42 Å². The van der Waals surface area contributed by atoms with Crippen LogP contribution in [0, 0.1) is 0 Å². The molecule has 0 N–H and O–H groups in total. The molecular weight excluding hydrogens is 392 g/mol. The first kappa shape index (κ1) is 21.4. The van der Waals surface area contributed by atoms with E-state index in [1.54, 1.807) is 25.6 Å². The quantitative estimate of drug-likeness (QED) is 0.653. The zero-order valence-electron chi connectivity index (χ0n) is 17.1. The molecule has 0 saturated carbocycles. The van der Waals surface area contributed by atoms with Gasteiger partial charge in [0.05, 0.1) is 27.1 Å². The largest absolute Gasteiger partial charge is 0.496 e. The minimum absolute atomic E-state index is 0.0390. The van der Waals surface area contributed by atoms with E-state index in [0.717, 1.165) is 16.9 Å². The lowest BCUT2D eigenvalue weighted by molar-refractivity contribution is 0.179. The van der Waals surface area contributed by atoms with Crippen molar-refractivity contribution in [2.45, 2.75) is 12.3 Å². The Morgan fingerprint density at radius 1 is 0.828 bits per heavy atom. The number of sulfonamides is 1. The first-order chi connectivity index (χ1) is 14.0. The van der Waals surface area contributed by atoms with Crippen molar-refractivity contribution >= 4 is 10.0 Å². The molecule has 1 heterocycles. The molecule has 8 heteroatoms. The topological polar surface area (TPSA) is 68.3 Å². The molecule has 1 saturated heterocycles. The van der Waals surface area contributed by atoms with Crippen molar-refractivity contribution in [3.05, 3.63) is 53.6 Å². The molecule has 1 fully saturated rings. The molecule has 0 bridgehead atoms. The normalized spacial score (nSPS) is 15.8. The van der Waals surface area contributed by atoms with Crippen LogP contribution in [0.25, 0.3) is 0 Å². The van der Waals surface area contributed by atoms with E-state index in [0.29, 0.717) is 44.2 Å². The van der Waals surface area contributed by atoms with E-state index < -0.39 is 10.0 Å². The Labute approximate surface area is 172 Å². The number of rotatable bonds is 8. The molecule has 29 heavy (non-hydrogen) atoms. The second-order valence-corrected chi connectivity index (χ2v) is 8.90. The molecule has 0 amide bonds. The SMILES string of the molecule is COc1cc(OC)c(OC)cc1CN1CCN(S(=O)(=O)Cc2ccccc2)CC1. The third-order valence-corrected chi connectivity index (χ3v) is 6.95. The third kappa shape index (κ3) is 5.20. The van der Waals surface area contributed by atoms with Crippen LogP contribution in [0.1, 0.15) is 11.1 Å².